The second-order valence-corrected chi connectivity index (χ2v) is 7.13. The van der Waals surface area contributed by atoms with Crippen molar-refractivity contribution in [3.63, 3.8) is 0 Å². The molecule has 0 radical (unpaired) electrons. The normalized spacial score (nSPS) is 16.0. The van der Waals surface area contributed by atoms with Crippen LogP contribution in [-0.2, 0) is 11.2 Å². The first-order chi connectivity index (χ1) is 13.0. The molecule has 27 heavy (non-hydrogen) atoms. The van der Waals surface area contributed by atoms with E-state index in [0.717, 1.165) is 17.8 Å². The highest BCUT2D eigenvalue weighted by Gasteiger charge is 2.31. The lowest BCUT2D eigenvalue weighted by Gasteiger charge is -2.30. The molecule has 4 rings (SSSR count). The lowest BCUT2D eigenvalue weighted by atomic mass is 10.00. The molecule has 2 amide bonds. The Morgan fingerprint density at radius 1 is 1.07 bits per heavy atom. The van der Waals surface area contributed by atoms with Gasteiger partial charge in [-0.3, -0.25) is 9.59 Å². The Bertz CT molecular complexity index is 934. The molecular weight excluding hydrogens is 344 g/mol. The summed E-state index contributed by atoms with van der Waals surface area (Å²) >= 11 is 0. The second-order valence-electron chi connectivity index (χ2n) is 7.13. The van der Waals surface area contributed by atoms with Crippen molar-refractivity contribution in [2.24, 2.45) is 5.92 Å². The molecule has 6 nitrogen and oxygen atoms in total. The van der Waals surface area contributed by atoms with E-state index in [2.05, 4.69) is 5.32 Å². The Morgan fingerprint density at radius 3 is 2.59 bits per heavy atom. The fourth-order valence-electron chi connectivity index (χ4n) is 3.39. The number of fused-ring (bicyclic) bond motifs is 1. The molecule has 0 spiro atoms. The largest absolute Gasteiger partial charge is 0.478 e. The van der Waals surface area contributed by atoms with Crippen LogP contribution >= 0.6 is 0 Å². The molecule has 2 aliphatic rings. The van der Waals surface area contributed by atoms with Gasteiger partial charge in [0.15, 0.2) is 0 Å². The van der Waals surface area contributed by atoms with Gasteiger partial charge in [-0.15, -0.1) is 0 Å². The maximum absolute atomic E-state index is 12.5. The topological polar surface area (TPSA) is 86.7 Å². The first kappa shape index (κ1) is 17.3. The van der Waals surface area contributed by atoms with Gasteiger partial charge < -0.3 is 15.3 Å². The van der Waals surface area contributed by atoms with Gasteiger partial charge in [0.2, 0.25) is 5.91 Å². The number of carbonyl (C=O) groups excluding carboxylic acids is 2. The zero-order chi connectivity index (χ0) is 19.0. The maximum Gasteiger partial charge on any atom is 0.335 e. The minimum Gasteiger partial charge on any atom is -0.478 e. The van der Waals surface area contributed by atoms with Crippen LogP contribution in [0, 0.1) is 5.92 Å². The molecule has 1 aliphatic carbocycles. The molecule has 1 aliphatic heterocycles. The van der Waals surface area contributed by atoms with E-state index in [-0.39, 0.29) is 22.9 Å². The van der Waals surface area contributed by atoms with Gasteiger partial charge in [0.1, 0.15) is 0 Å². The van der Waals surface area contributed by atoms with Gasteiger partial charge in [-0.2, -0.15) is 0 Å². The minimum absolute atomic E-state index is 0.0716. The molecule has 0 bridgehead atoms. The van der Waals surface area contributed by atoms with Gasteiger partial charge in [-0.25, -0.2) is 4.79 Å². The predicted molar refractivity (Wildman–Crippen MR) is 101 cm³/mol. The lowest BCUT2D eigenvalue weighted by molar-refractivity contribution is -0.119. The molecule has 2 aromatic carbocycles. The first-order valence-corrected chi connectivity index (χ1v) is 9.09. The number of nitrogens with one attached hydrogen (secondary N) is 1. The van der Waals surface area contributed by atoms with E-state index < -0.39 is 5.97 Å². The van der Waals surface area contributed by atoms with Crippen LogP contribution in [0.3, 0.4) is 0 Å². The number of anilines is 2. The van der Waals surface area contributed by atoms with Gasteiger partial charge in [0.05, 0.1) is 5.56 Å². The predicted octanol–water partition coefficient (Wildman–Crippen LogP) is 3.33. The van der Waals surface area contributed by atoms with Gasteiger partial charge in [0.25, 0.3) is 5.91 Å². The van der Waals surface area contributed by atoms with Crippen molar-refractivity contribution < 1.29 is 19.5 Å². The van der Waals surface area contributed by atoms with Crippen molar-refractivity contribution in [2.75, 3.05) is 16.8 Å². The Balaban J connectivity index is 1.53. The van der Waals surface area contributed by atoms with E-state index in [0.29, 0.717) is 24.4 Å². The van der Waals surface area contributed by atoms with Crippen molar-refractivity contribution in [1.29, 1.82) is 0 Å². The first-order valence-electron chi connectivity index (χ1n) is 9.09. The van der Waals surface area contributed by atoms with Crippen LogP contribution in [0.4, 0.5) is 11.4 Å². The molecule has 2 N–H and O–H groups in total. The van der Waals surface area contributed by atoms with Crippen molar-refractivity contribution in [2.45, 2.75) is 25.7 Å². The molecule has 1 fully saturated rings. The van der Waals surface area contributed by atoms with Gasteiger partial charge in [-0.05, 0) is 67.1 Å². The molecule has 0 atom stereocenters. The molecule has 0 unspecified atom stereocenters. The minimum atomic E-state index is -1.07. The third kappa shape index (κ3) is 3.69. The Labute approximate surface area is 156 Å². The highest BCUT2D eigenvalue weighted by molar-refractivity contribution is 6.06. The van der Waals surface area contributed by atoms with Crippen molar-refractivity contribution in [3.8, 4) is 0 Å². The summed E-state index contributed by atoms with van der Waals surface area (Å²) < 4.78 is 0. The number of carbonyl (C=O) groups is 3. The summed E-state index contributed by atoms with van der Waals surface area (Å²) in [5.74, 6) is -0.656. The van der Waals surface area contributed by atoms with E-state index in [1.165, 1.54) is 25.0 Å². The van der Waals surface area contributed by atoms with Crippen LogP contribution in [0.25, 0.3) is 0 Å². The molecule has 1 heterocycles. The highest BCUT2D eigenvalue weighted by Crippen LogP contribution is 2.36. The van der Waals surface area contributed by atoms with Crippen molar-refractivity contribution in [3.05, 3.63) is 59.2 Å². The summed E-state index contributed by atoms with van der Waals surface area (Å²) in [5.41, 5.74) is 2.98. The summed E-state index contributed by atoms with van der Waals surface area (Å²) in [7, 11) is 0. The van der Waals surface area contributed by atoms with Crippen molar-refractivity contribution >= 4 is 29.2 Å². The number of aromatic carboxylic acids is 1. The number of hydrogen-bond donors (Lipinski definition) is 2. The third-order valence-corrected chi connectivity index (χ3v) is 5.05. The third-order valence-electron chi connectivity index (χ3n) is 5.05. The summed E-state index contributed by atoms with van der Waals surface area (Å²) in [6.07, 6.45) is 3.51. The molecule has 0 aromatic heterocycles. The quantitative estimate of drug-likeness (QED) is 0.852. The maximum atomic E-state index is 12.5. The van der Waals surface area contributed by atoms with Crippen LogP contribution in [-0.4, -0.2) is 29.4 Å². The number of amides is 2. The average molecular weight is 364 g/mol. The fraction of sp³-hybridized carbons (Fsp3) is 0.286. The SMILES string of the molecule is O=C(O)c1cccc(C(=O)Nc2ccc3c(c2)CCC(=O)N3CC2CC2)c1. The number of rotatable bonds is 5. The zero-order valence-electron chi connectivity index (χ0n) is 14.8. The van der Waals surface area contributed by atoms with Gasteiger partial charge in [-0.1, -0.05) is 6.07 Å². The number of carboxylic acids is 1. The van der Waals surface area contributed by atoms with E-state index in [9.17, 15) is 14.4 Å². The number of carboxylic acid groups (broad SMARTS) is 1. The van der Waals surface area contributed by atoms with Gasteiger partial charge >= 0.3 is 5.97 Å². The molecule has 138 valence electrons. The van der Waals surface area contributed by atoms with Crippen LogP contribution in [0.1, 0.15) is 45.5 Å². The zero-order valence-corrected chi connectivity index (χ0v) is 14.8. The average Bonchev–Trinajstić information content (AvgIpc) is 3.48. The van der Waals surface area contributed by atoms with Crippen LogP contribution in [0.15, 0.2) is 42.5 Å². The lowest BCUT2D eigenvalue weighted by Crippen LogP contribution is -2.36. The van der Waals surface area contributed by atoms with E-state index in [4.69, 9.17) is 5.11 Å². The Hall–Kier alpha value is -3.15. The van der Waals surface area contributed by atoms with Crippen molar-refractivity contribution in [1.82, 2.24) is 0 Å². The Morgan fingerprint density at radius 2 is 1.85 bits per heavy atom. The monoisotopic (exact) mass is 364 g/mol. The van der Waals surface area contributed by atoms with E-state index in [1.807, 2.05) is 17.0 Å². The van der Waals surface area contributed by atoms with Gasteiger partial charge in [0, 0.05) is 29.9 Å². The second kappa shape index (κ2) is 6.87. The van der Waals surface area contributed by atoms with E-state index in [1.54, 1.807) is 18.2 Å². The molecule has 2 aromatic rings. The molecule has 6 heteroatoms. The molecule has 0 saturated heterocycles. The summed E-state index contributed by atoms with van der Waals surface area (Å²) in [6, 6.07) is 11.5. The Kier molecular flexibility index (Phi) is 4.39. The van der Waals surface area contributed by atoms with E-state index >= 15 is 0 Å². The van der Waals surface area contributed by atoms with Crippen LogP contribution < -0.4 is 10.2 Å². The smallest absolute Gasteiger partial charge is 0.335 e. The summed E-state index contributed by atoms with van der Waals surface area (Å²) in [4.78, 5) is 37.7. The number of benzene rings is 2. The highest BCUT2D eigenvalue weighted by atomic mass is 16.4. The standard InChI is InChI=1S/C21H20N2O4/c24-19-9-6-14-11-17(7-8-18(14)23(19)12-13-4-5-13)22-20(25)15-2-1-3-16(10-15)21(26)27/h1-3,7-8,10-11,13H,4-6,9,12H2,(H,22,25)(H,26,27). The summed E-state index contributed by atoms with van der Waals surface area (Å²) in [6.45, 7) is 0.777. The van der Waals surface area contributed by atoms with Crippen LogP contribution in [0.5, 0.6) is 0 Å². The number of hydrogen-bond acceptors (Lipinski definition) is 3. The summed E-state index contributed by atoms with van der Waals surface area (Å²) in [5, 5.41) is 11.9. The van der Waals surface area contributed by atoms with Crippen LogP contribution in [0.2, 0.25) is 0 Å². The molecular formula is C21H20N2O4. The number of aryl methyl sites for hydroxylation is 1. The molecule has 1 saturated carbocycles. The fourth-order valence-corrected chi connectivity index (χ4v) is 3.39. The number of nitrogens with zero attached hydrogens (tertiary/aromatic N) is 1.